The van der Waals surface area contributed by atoms with Crippen molar-refractivity contribution < 1.29 is 4.79 Å². The van der Waals surface area contributed by atoms with Crippen LogP contribution in [0, 0.1) is 0 Å². The lowest BCUT2D eigenvalue weighted by Crippen LogP contribution is -1.84. The quantitative estimate of drug-likeness (QED) is 0.551. The molecule has 2 N–H and O–H groups in total. The average molecular weight is 176 g/mol. The molecule has 0 aromatic carbocycles. The molecule has 0 aliphatic rings. The molecule has 1 rings (SSSR count). The second kappa shape index (κ2) is 3.03. The molecule has 0 fully saturated rings. The van der Waals surface area contributed by atoms with Crippen molar-refractivity contribution in [2.75, 3.05) is 5.73 Å². The van der Waals surface area contributed by atoms with E-state index < -0.39 is 0 Å². The van der Waals surface area contributed by atoms with Gasteiger partial charge >= 0.3 is 0 Å². The van der Waals surface area contributed by atoms with Crippen LogP contribution >= 0.6 is 22.9 Å². The Kier molecular flexibility index (Phi) is 2.29. The van der Waals surface area contributed by atoms with Gasteiger partial charge in [-0.25, -0.2) is 0 Å². The summed E-state index contributed by atoms with van der Waals surface area (Å²) < 4.78 is 0. The third-order valence-electron chi connectivity index (χ3n) is 1.08. The van der Waals surface area contributed by atoms with Gasteiger partial charge in [-0.05, 0) is 6.07 Å². The Bertz CT molecular complexity index is 246. The Morgan fingerprint density at radius 2 is 2.50 bits per heavy atom. The van der Waals surface area contributed by atoms with Crippen LogP contribution in [0.25, 0.3) is 0 Å². The Hall–Kier alpha value is -0.540. The highest BCUT2D eigenvalue weighted by Gasteiger charge is 2.02. The smallest absolute Gasteiger partial charge is 0.162 e. The number of carbonyl (C=O) groups is 1. The highest BCUT2D eigenvalue weighted by molar-refractivity contribution is 7.14. The lowest BCUT2D eigenvalue weighted by Gasteiger charge is -1.80. The van der Waals surface area contributed by atoms with Crippen LogP contribution < -0.4 is 5.73 Å². The van der Waals surface area contributed by atoms with Crippen molar-refractivity contribution in [1.82, 2.24) is 0 Å². The zero-order valence-corrected chi connectivity index (χ0v) is 6.71. The molecule has 0 bridgehead atoms. The average Bonchev–Trinajstić information content (AvgIpc) is 2.30. The minimum atomic E-state index is 0.419. The molecule has 2 nitrogen and oxygen atoms in total. The molecule has 1 heterocycles. The molecule has 0 aliphatic carbocycles. The fourth-order valence-electron chi connectivity index (χ4n) is 0.632. The number of carbonyl (C=O) groups excluding carboxylic acids is 1. The summed E-state index contributed by atoms with van der Waals surface area (Å²) >= 11 is 6.84. The lowest BCUT2D eigenvalue weighted by atomic mass is 10.4. The highest BCUT2D eigenvalue weighted by atomic mass is 35.5. The third-order valence-corrected chi connectivity index (χ3v) is 2.60. The molecule has 0 saturated heterocycles. The summed E-state index contributed by atoms with van der Waals surface area (Å²) in [6.45, 7) is 0. The molecule has 0 saturated carbocycles. The van der Waals surface area contributed by atoms with E-state index in [0.29, 0.717) is 16.4 Å². The normalized spacial score (nSPS) is 9.70. The standard InChI is InChI=1S/C6H6ClNOS/c7-2-4-1-5(8)6(3-9)10-4/h1,3H,2,8H2. The van der Waals surface area contributed by atoms with Crippen molar-refractivity contribution in [2.45, 2.75) is 5.88 Å². The largest absolute Gasteiger partial charge is 0.397 e. The molecule has 0 aliphatic heterocycles. The zero-order valence-electron chi connectivity index (χ0n) is 5.13. The molecular weight excluding hydrogens is 170 g/mol. The van der Waals surface area contributed by atoms with Crippen molar-refractivity contribution in [3.63, 3.8) is 0 Å². The van der Waals surface area contributed by atoms with Crippen molar-refractivity contribution in [1.29, 1.82) is 0 Å². The molecule has 10 heavy (non-hydrogen) atoms. The van der Waals surface area contributed by atoms with E-state index in [4.69, 9.17) is 17.3 Å². The van der Waals surface area contributed by atoms with Gasteiger partial charge in [0.25, 0.3) is 0 Å². The lowest BCUT2D eigenvalue weighted by molar-refractivity contribution is 0.112. The molecule has 4 heteroatoms. The maximum Gasteiger partial charge on any atom is 0.162 e. The van der Waals surface area contributed by atoms with Crippen LogP contribution in [-0.4, -0.2) is 6.29 Å². The minimum Gasteiger partial charge on any atom is -0.397 e. The third kappa shape index (κ3) is 1.30. The molecule has 1 aromatic rings. The summed E-state index contributed by atoms with van der Waals surface area (Å²) in [6.07, 6.45) is 0.746. The first-order chi connectivity index (χ1) is 4.77. The summed E-state index contributed by atoms with van der Waals surface area (Å²) in [7, 11) is 0. The van der Waals surface area contributed by atoms with Crippen molar-refractivity contribution in [2.24, 2.45) is 0 Å². The van der Waals surface area contributed by atoms with Crippen LogP contribution in [0.5, 0.6) is 0 Å². The van der Waals surface area contributed by atoms with Crippen LogP contribution in [-0.2, 0) is 5.88 Å². The predicted molar refractivity (Wildman–Crippen MR) is 43.7 cm³/mol. The van der Waals surface area contributed by atoms with E-state index in [-0.39, 0.29) is 0 Å². The van der Waals surface area contributed by atoms with Crippen molar-refractivity contribution >= 4 is 34.9 Å². The maximum atomic E-state index is 10.2. The van der Waals surface area contributed by atoms with Gasteiger partial charge in [-0.2, -0.15) is 0 Å². The fourth-order valence-corrected chi connectivity index (χ4v) is 1.62. The first-order valence-electron chi connectivity index (χ1n) is 2.67. The molecule has 0 radical (unpaired) electrons. The molecule has 0 atom stereocenters. The Morgan fingerprint density at radius 3 is 2.80 bits per heavy atom. The van der Waals surface area contributed by atoms with Gasteiger partial charge in [0.05, 0.1) is 16.4 Å². The number of hydrogen-bond acceptors (Lipinski definition) is 3. The van der Waals surface area contributed by atoms with Crippen LogP contribution in [0.1, 0.15) is 14.5 Å². The van der Waals surface area contributed by atoms with Gasteiger partial charge < -0.3 is 5.73 Å². The monoisotopic (exact) mass is 175 g/mol. The van der Waals surface area contributed by atoms with Crippen LogP contribution in [0.2, 0.25) is 0 Å². The Morgan fingerprint density at radius 1 is 1.80 bits per heavy atom. The van der Waals surface area contributed by atoms with E-state index in [1.165, 1.54) is 11.3 Å². The first-order valence-corrected chi connectivity index (χ1v) is 4.02. The molecular formula is C6H6ClNOS. The van der Waals surface area contributed by atoms with Gasteiger partial charge in [-0.15, -0.1) is 22.9 Å². The highest BCUT2D eigenvalue weighted by Crippen LogP contribution is 2.23. The predicted octanol–water partition coefficient (Wildman–Crippen LogP) is 1.88. The number of aldehydes is 1. The van der Waals surface area contributed by atoms with E-state index in [0.717, 1.165) is 11.2 Å². The summed E-state index contributed by atoms with van der Waals surface area (Å²) in [5.41, 5.74) is 5.97. The van der Waals surface area contributed by atoms with Crippen molar-refractivity contribution in [3.8, 4) is 0 Å². The van der Waals surface area contributed by atoms with Gasteiger partial charge in [0, 0.05) is 4.88 Å². The van der Waals surface area contributed by atoms with E-state index in [1.807, 2.05) is 0 Å². The van der Waals surface area contributed by atoms with Crippen LogP contribution in [0.4, 0.5) is 5.69 Å². The van der Waals surface area contributed by atoms with Crippen LogP contribution in [0.3, 0.4) is 0 Å². The second-order valence-corrected chi connectivity index (χ2v) is 3.22. The van der Waals surface area contributed by atoms with Gasteiger partial charge in [0.2, 0.25) is 0 Å². The molecule has 0 unspecified atom stereocenters. The Balaban J connectivity index is 3.03. The molecule has 0 spiro atoms. The SMILES string of the molecule is Nc1cc(CCl)sc1C=O. The summed E-state index contributed by atoms with van der Waals surface area (Å²) in [5.74, 6) is 0.419. The number of hydrogen-bond donors (Lipinski definition) is 1. The summed E-state index contributed by atoms with van der Waals surface area (Å²) in [4.78, 5) is 11.7. The zero-order chi connectivity index (χ0) is 7.56. The number of nitrogens with two attached hydrogens (primary N) is 1. The first kappa shape index (κ1) is 7.57. The minimum absolute atomic E-state index is 0.419. The number of thiophene rings is 1. The topological polar surface area (TPSA) is 43.1 Å². The van der Waals surface area contributed by atoms with E-state index in [1.54, 1.807) is 6.07 Å². The van der Waals surface area contributed by atoms with Crippen LogP contribution in [0.15, 0.2) is 6.07 Å². The maximum absolute atomic E-state index is 10.2. The number of alkyl halides is 1. The van der Waals surface area contributed by atoms with Gasteiger partial charge in [-0.3, -0.25) is 4.79 Å². The number of rotatable bonds is 2. The number of nitrogen functional groups attached to an aromatic ring is 1. The van der Waals surface area contributed by atoms with E-state index in [2.05, 4.69) is 0 Å². The summed E-state index contributed by atoms with van der Waals surface area (Å²) in [6, 6.07) is 1.72. The van der Waals surface area contributed by atoms with E-state index >= 15 is 0 Å². The fraction of sp³-hybridized carbons (Fsp3) is 0.167. The van der Waals surface area contributed by atoms with E-state index in [9.17, 15) is 4.79 Å². The molecule has 1 aromatic heterocycles. The molecule has 0 amide bonds. The second-order valence-electron chi connectivity index (χ2n) is 1.78. The number of anilines is 1. The number of halogens is 1. The summed E-state index contributed by atoms with van der Waals surface area (Å²) in [5, 5.41) is 0. The van der Waals surface area contributed by atoms with Gasteiger partial charge in [0.15, 0.2) is 6.29 Å². The van der Waals surface area contributed by atoms with Crippen molar-refractivity contribution in [3.05, 3.63) is 15.8 Å². The Labute approximate surface area is 67.6 Å². The van der Waals surface area contributed by atoms with Gasteiger partial charge in [-0.1, -0.05) is 0 Å². The van der Waals surface area contributed by atoms with Gasteiger partial charge in [0.1, 0.15) is 0 Å². The molecule has 54 valence electrons.